The van der Waals surface area contributed by atoms with Crippen LogP contribution >= 0.6 is 0 Å². The second kappa shape index (κ2) is 9.85. The fourth-order valence-corrected chi connectivity index (χ4v) is 5.12. The Morgan fingerprint density at radius 3 is 2.65 bits per heavy atom. The number of methoxy groups -OCH3 is 1. The minimum atomic E-state index is -0.158. The lowest BCUT2D eigenvalue weighted by Crippen LogP contribution is -2.41. The summed E-state index contributed by atoms with van der Waals surface area (Å²) in [5, 5.41) is 5.98. The fraction of sp³-hybridized carbons (Fsp3) is 0.560. The van der Waals surface area contributed by atoms with Crippen LogP contribution in [0, 0.1) is 6.92 Å². The number of aryl methyl sites for hydroxylation is 1. The minimum Gasteiger partial charge on any atom is -0.382 e. The summed E-state index contributed by atoms with van der Waals surface area (Å²) in [7, 11) is 1.66. The number of pyridine rings is 1. The molecule has 0 unspecified atom stereocenters. The molecule has 2 aliphatic rings. The van der Waals surface area contributed by atoms with Crippen molar-refractivity contribution in [3.8, 4) is 0 Å². The van der Waals surface area contributed by atoms with Gasteiger partial charge >= 0.3 is 0 Å². The summed E-state index contributed by atoms with van der Waals surface area (Å²) in [6, 6.07) is 4.02. The molecule has 2 saturated heterocycles. The largest absolute Gasteiger partial charge is 0.382 e. The summed E-state index contributed by atoms with van der Waals surface area (Å²) in [6.07, 6.45) is 5.13. The first-order chi connectivity index (χ1) is 16.6. The summed E-state index contributed by atoms with van der Waals surface area (Å²) < 4.78 is 18.4. The molecule has 182 valence electrons. The second-order valence-corrected chi connectivity index (χ2v) is 9.22. The van der Waals surface area contributed by atoms with Crippen LogP contribution in [0.2, 0.25) is 0 Å². The van der Waals surface area contributed by atoms with Crippen LogP contribution < -0.4 is 5.56 Å². The van der Waals surface area contributed by atoms with E-state index in [1.165, 1.54) is 0 Å². The van der Waals surface area contributed by atoms with Crippen molar-refractivity contribution in [2.45, 2.75) is 44.8 Å². The summed E-state index contributed by atoms with van der Waals surface area (Å²) in [5.74, 6) is 0.0197. The van der Waals surface area contributed by atoms with Gasteiger partial charge in [0.15, 0.2) is 0 Å². The van der Waals surface area contributed by atoms with Gasteiger partial charge in [-0.05, 0) is 50.3 Å². The molecule has 1 N–H and O–H groups in total. The first-order valence-electron chi connectivity index (χ1n) is 12.1. The van der Waals surface area contributed by atoms with Gasteiger partial charge < -0.3 is 24.1 Å². The van der Waals surface area contributed by atoms with E-state index in [1.54, 1.807) is 13.3 Å². The maximum atomic E-state index is 13.5. The van der Waals surface area contributed by atoms with E-state index in [4.69, 9.17) is 14.2 Å². The Balaban J connectivity index is 1.46. The molecule has 34 heavy (non-hydrogen) atoms. The van der Waals surface area contributed by atoms with E-state index in [-0.39, 0.29) is 23.6 Å². The summed E-state index contributed by atoms with van der Waals surface area (Å²) in [6.45, 7) is 5.77. The van der Waals surface area contributed by atoms with E-state index in [9.17, 15) is 9.59 Å². The van der Waals surface area contributed by atoms with Crippen molar-refractivity contribution in [2.24, 2.45) is 0 Å². The number of nitrogens with zero attached hydrogens (tertiary/aromatic N) is 3. The second-order valence-electron chi connectivity index (χ2n) is 9.22. The third-order valence-corrected chi connectivity index (χ3v) is 7.05. The molecule has 9 nitrogen and oxygen atoms in total. The quantitative estimate of drug-likeness (QED) is 0.559. The topological polar surface area (TPSA) is 98.7 Å². The summed E-state index contributed by atoms with van der Waals surface area (Å²) >= 11 is 0. The van der Waals surface area contributed by atoms with Crippen LogP contribution in [0.3, 0.4) is 0 Å². The molecular formula is C25H32N4O5. The van der Waals surface area contributed by atoms with E-state index >= 15 is 0 Å². The van der Waals surface area contributed by atoms with Gasteiger partial charge in [-0.1, -0.05) is 0 Å². The van der Waals surface area contributed by atoms with Gasteiger partial charge in [0.2, 0.25) is 0 Å². The molecule has 5 rings (SSSR count). The van der Waals surface area contributed by atoms with Crippen molar-refractivity contribution in [2.75, 3.05) is 46.6 Å². The van der Waals surface area contributed by atoms with Crippen molar-refractivity contribution in [1.29, 1.82) is 0 Å². The number of aromatic nitrogens is 3. The summed E-state index contributed by atoms with van der Waals surface area (Å²) in [5.41, 5.74) is 2.88. The maximum Gasteiger partial charge on any atom is 0.259 e. The molecule has 0 aliphatic carbocycles. The minimum absolute atomic E-state index is 0.0197. The monoisotopic (exact) mass is 468 g/mol. The Morgan fingerprint density at radius 1 is 1.15 bits per heavy atom. The number of rotatable bonds is 6. The van der Waals surface area contributed by atoms with Gasteiger partial charge in [-0.2, -0.15) is 5.10 Å². The molecule has 4 heterocycles. The number of hydrogen-bond acceptors (Lipinski definition) is 6. The number of carbonyl (C=O) groups excluding carboxylic acids is 1. The number of likely N-dealkylation sites (tertiary alicyclic amines) is 1. The maximum absolute atomic E-state index is 13.5. The van der Waals surface area contributed by atoms with Crippen LogP contribution in [0.15, 0.2) is 23.1 Å². The van der Waals surface area contributed by atoms with Crippen LogP contribution in [0.1, 0.15) is 47.6 Å². The van der Waals surface area contributed by atoms with E-state index in [1.807, 2.05) is 28.6 Å². The first-order valence-corrected chi connectivity index (χ1v) is 12.1. The Hall–Kier alpha value is -2.75. The van der Waals surface area contributed by atoms with Gasteiger partial charge in [0.25, 0.3) is 11.5 Å². The molecule has 1 aromatic carbocycles. The average Bonchev–Trinajstić information content (AvgIpc) is 3.31. The normalized spacial score (nSPS) is 18.2. The van der Waals surface area contributed by atoms with Gasteiger partial charge in [-0.3, -0.25) is 14.3 Å². The third-order valence-electron chi connectivity index (χ3n) is 7.05. The zero-order valence-corrected chi connectivity index (χ0v) is 19.8. The number of piperidine rings is 1. The van der Waals surface area contributed by atoms with E-state index in [0.717, 1.165) is 47.7 Å². The molecule has 0 saturated carbocycles. The van der Waals surface area contributed by atoms with Crippen LogP contribution in [-0.4, -0.2) is 78.3 Å². The van der Waals surface area contributed by atoms with Gasteiger partial charge in [0.05, 0.1) is 48.0 Å². The molecule has 2 fully saturated rings. The Bertz CT molecular complexity index is 1240. The van der Waals surface area contributed by atoms with Gasteiger partial charge in [0.1, 0.15) is 0 Å². The third kappa shape index (κ3) is 4.35. The number of amides is 1. The van der Waals surface area contributed by atoms with Gasteiger partial charge in [-0.25, -0.2) is 0 Å². The Morgan fingerprint density at radius 2 is 1.91 bits per heavy atom. The molecular weight excluding hydrogens is 436 g/mol. The number of nitrogens with one attached hydrogen (secondary N) is 1. The standard InChI is InChI=1S/C25H32N4O5/c1-16-13-22-20(14-19(16)25(31)28-7-3-18(4-8-28)34-12-11-32-2)23-21(24(30)27-22)15-26-29(23)17-5-9-33-10-6-17/h13-15,17-18H,3-12H2,1-2H3,(H,27,30). The number of carbonyl (C=O) groups is 1. The lowest BCUT2D eigenvalue weighted by molar-refractivity contribution is -0.0122. The number of aromatic amines is 1. The smallest absolute Gasteiger partial charge is 0.259 e. The van der Waals surface area contributed by atoms with Crippen molar-refractivity contribution < 1.29 is 19.0 Å². The summed E-state index contributed by atoms with van der Waals surface area (Å²) in [4.78, 5) is 31.2. The van der Waals surface area contributed by atoms with Gasteiger partial charge in [-0.15, -0.1) is 0 Å². The average molecular weight is 469 g/mol. The molecule has 0 bridgehead atoms. The highest BCUT2D eigenvalue weighted by molar-refractivity contribution is 6.07. The molecule has 0 radical (unpaired) electrons. The lowest BCUT2D eigenvalue weighted by atomic mass is 10.0. The molecule has 9 heteroatoms. The highest BCUT2D eigenvalue weighted by Gasteiger charge is 2.26. The van der Waals surface area contributed by atoms with Crippen molar-refractivity contribution in [1.82, 2.24) is 19.7 Å². The zero-order valence-electron chi connectivity index (χ0n) is 19.8. The van der Waals surface area contributed by atoms with Crippen LogP contribution in [-0.2, 0) is 14.2 Å². The predicted octanol–water partition coefficient (Wildman–Crippen LogP) is 2.81. The lowest BCUT2D eigenvalue weighted by Gasteiger charge is -2.32. The molecule has 1 amide bonds. The van der Waals surface area contributed by atoms with E-state index in [0.29, 0.717) is 50.5 Å². The molecule has 0 spiro atoms. The molecule has 0 atom stereocenters. The predicted molar refractivity (Wildman–Crippen MR) is 128 cm³/mol. The SMILES string of the molecule is COCCOC1CCN(C(=O)c2cc3c(cc2C)[nH]c(=O)c2cnn(C4CCOCC4)c23)CC1. The number of ether oxygens (including phenoxy) is 3. The number of benzene rings is 1. The van der Waals surface area contributed by atoms with Gasteiger partial charge in [0, 0.05) is 44.4 Å². The Kier molecular flexibility index (Phi) is 6.67. The van der Waals surface area contributed by atoms with Crippen LogP contribution in [0.4, 0.5) is 0 Å². The highest BCUT2D eigenvalue weighted by Crippen LogP contribution is 2.30. The first kappa shape index (κ1) is 23.0. The zero-order chi connectivity index (χ0) is 23.7. The van der Waals surface area contributed by atoms with Crippen LogP contribution in [0.5, 0.6) is 0 Å². The van der Waals surface area contributed by atoms with E-state index < -0.39 is 0 Å². The number of H-pyrrole nitrogens is 1. The number of fused-ring (bicyclic) bond motifs is 3. The fourth-order valence-electron chi connectivity index (χ4n) is 5.12. The van der Waals surface area contributed by atoms with E-state index in [2.05, 4.69) is 10.1 Å². The molecule has 3 aromatic rings. The molecule has 2 aliphatic heterocycles. The van der Waals surface area contributed by atoms with Crippen molar-refractivity contribution in [3.05, 3.63) is 39.8 Å². The van der Waals surface area contributed by atoms with Crippen LogP contribution in [0.25, 0.3) is 21.8 Å². The molecule has 2 aromatic heterocycles. The Labute approximate surface area is 198 Å². The highest BCUT2D eigenvalue weighted by atomic mass is 16.5. The number of hydrogen-bond donors (Lipinski definition) is 1. The van der Waals surface area contributed by atoms with Crippen molar-refractivity contribution in [3.63, 3.8) is 0 Å². The van der Waals surface area contributed by atoms with Crippen molar-refractivity contribution >= 4 is 27.7 Å².